The lowest BCUT2D eigenvalue weighted by Gasteiger charge is -2.32. The Morgan fingerprint density at radius 2 is 1.72 bits per heavy atom. The van der Waals surface area contributed by atoms with Gasteiger partial charge in [-0.05, 0) is 43.9 Å². The molecule has 0 bridgehead atoms. The number of ether oxygens (including phenoxy) is 1. The summed E-state index contributed by atoms with van der Waals surface area (Å²) in [6.07, 6.45) is 9.64. The Morgan fingerprint density at radius 3 is 2.32 bits per heavy atom. The molecule has 4 heteroatoms. The molecule has 0 heterocycles. The van der Waals surface area contributed by atoms with E-state index in [2.05, 4.69) is 20.8 Å². The van der Waals surface area contributed by atoms with E-state index < -0.39 is 17.8 Å². The Balaban J connectivity index is 2.34. The molecule has 0 aromatic rings. The minimum Gasteiger partial charge on any atom is -0.481 e. The minimum atomic E-state index is -0.843. The van der Waals surface area contributed by atoms with Gasteiger partial charge in [-0.25, -0.2) is 0 Å². The van der Waals surface area contributed by atoms with Gasteiger partial charge >= 0.3 is 11.9 Å². The molecule has 0 radical (unpaired) electrons. The Kier molecular flexibility index (Phi) is 10.1. The molecule has 25 heavy (non-hydrogen) atoms. The SMILES string of the molecule is CCOC(=O)C1CCC(CCCC(C)CCCC(C)C)CC1C(=O)O. The number of rotatable bonds is 11. The van der Waals surface area contributed by atoms with E-state index in [0.717, 1.165) is 24.7 Å². The van der Waals surface area contributed by atoms with Crippen molar-refractivity contribution in [1.29, 1.82) is 0 Å². The first-order valence-corrected chi connectivity index (χ1v) is 10.2. The van der Waals surface area contributed by atoms with Gasteiger partial charge in [0.05, 0.1) is 18.4 Å². The molecule has 1 saturated carbocycles. The van der Waals surface area contributed by atoms with E-state index in [0.29, 0.717) is 25.4 Å². The predicted molar refractivity (Wildman–Crippen MR) is 100 cm³/mol. The summed E-state index contributed by atoms with van der Waals surface area (Å²) in [5.41, 5.74) is 0. The maximum Gasteiger partial charge on any atom is 0.309 e. The van der Waals surface area contributed by atoms with Crippen LogP contribution in [0.4, 0.5) is 0 Å². The van der Waals surface area contributed by atoms with E-state index in [9.17, 15) is 14.7 Å². The summed E-state index contributed by atoms with van der Waals surface area (Å²) in [6.45, 7) is 8.96. The molecule has 1 aliphatic carbocycles. The highest BCUT2D eigenvalue weighted by Gasteiger charge is 2.39. The maximum absolute atomic E-state index is 12.0. The van der Waals surface area contributed by atoms with Gasteiger partial charge < -0.3 is 9.84 Å². The van der Waals surface area contributed by atoms with Gasteiger partial charge in [-0.3, -0.25) is 9.59 Å². The van der Waals surface area contributed by atoms with Gasteiger partial charge in [0.2, 0.25) is 0 Å². The number of carboxylic acid groups (broad SMARTS) is 1. The van der Waals surface area contributed by atoms with Gasteiger partial charge in [0.1, 0.15) is 0 Å². The Hall–Kier alpha value is -1.06. The number of carboxylic acids is 1. The van der Waals surface area contributed by atoms with Crippen molar-refractivity contribution in [2.45, 2.75) is 85.5 Å². The van der Waals surface area contributed by atoms with Crippen LogP contribution in [0.3, 0.4) is 0 Å². The van der Waals surface area contributed by atoms with Gasteiger partial charge in [-0.2, -0.15) is 0 Å². The van der Waals surface area contributed by atoms with Gasteiger partial charge in [0.15, 0.2) is 0 Å². The van der Waals surface area contributed by atoms with Gasteiger partial charge in [-0.15, -0.1) is 0 Å². The highest BCUT2D eigenvalue weighted by Crippen LogP contribution is 2.37. The molecule has 0 spiro atoms. The molecule has 0 aliphatic heterocycles. The molecule has 0 amide bonds. The van der Waals surface area contributed by atoms with E-state index in [1.165, 1.54) is 32.1 Å². The molecule has 4 unspecified atom stereocenters. The number of hydrogen-bond acceptors (Lipinski definition) is 3. The third-order valence-electron chi connectivity index (χ3n) is 5.65. The Labute approximate surface area is 153 Å². The molecular weight excluding hydrogens is 316 g/mol. The third-order valence-corrected chi connectivity index (χ3v) is 5.65. The fourth-order valence-electron chi connectivity index (χ4n) is 4.10. The Bertz CT molecular complexity index is 405. The molecule has 1 N–H and O–H groups in total. The van der Waals surface area contributed by atoms with Crippen LogP contribution in [0.25, 0.3) is 0 Å². The summed E-state index contributed by atoms with van der Waals surface area (Å²) in [5, 5.41) is 9.49. The monoisotopic (exact) mass is 354 g/mol. The molecule has 146 valence electrons. The number of carbonyl (C=O) groups is 2. The standard InChI is InChI=1S/C21H38O4/c1-5-25-21(24)18-13-12-17(14-19(18)20(22)23)11-7-10-16(4)9-6-8-15(2)3/h15-19H,5-14H2,1-4H3,(H,22,23). The van der Waals surface area contributed by atoms with Crippen molar-refractivity contribution in [3.63, 3.8) is 0 Å². The van der Waals surface area contributed by atoms with Gasteiger partial charge in [-0.1, -0.05) is 59.3 Å². The lowest BCUT2D eigenvalue weighted by Crippen LogP contribution is -2.36. The third kappa shape index (κ3) is 8.24. The van der Waals surface area contributed by atoms with E-state index in [1.807, 2.05) is 0 Å². The number of carbonyl (C=O) groups excluding carboxylic acids is 1. The smallest absolute Gasteiger partial charge is 0.309 e. The van der Waals surface area contributed by atoms with Gasteiger partial charge in [0, 0.05) is 0 Å². The van der Waals surface area contributed by atoms with Crippen LogP contribution in [0.2, 0.25) is 0 Å². The molecule has 0 aromatic carbocycles. The maximum atomic E-state index is 12.0. The van der Waals surface area contributed by atoms with Crippen molar-refractivity contribution in [3.05, 3.63) is 0 Å². The molecule has 0 aromatic heterocycles. The quantitative estimate of drug-likeness (QED) is 0.511. The molecule has 1 aliphatic rings. The van der Waals surface area contributed by atoms with E-state index in [-0.39, 0.29) is 5.97 Å². The van der Waals surface area contributed by atoms with E-state index in [4.69, 9.17) is 4.74 Å². The zero-order chi connectivity index (χ0) is 18.8. The Morgan fingerprint density at radius 1 is 1.04 bits per heavy atom. The van der Waals surface area contributed by atoms with Crippen LogP contribution < -0.4 is 0 Å². The second kappa shape index (κ2) is 11.5. The molecule has 4 atom stereocenters. The summed E-state index contributed by atoms with van der Waals surface area (Å²) in [6, 6.07) is 0. The topological polar surface area (TPSA) is 63.6 Å². The largest absolute Gasteiger partial charge is 0.481 e. The number of hydrogen-bond donors (Lipinski definition) is 1. The van der Waals surface area contributed by atoms with Crippen LogP contribution in [-0.4, -0.2) is 23.7 Å². The first kappa shape index (κ1) is 22.0. The summed E-state index contributed by atoms with van der Waals surface area (Å²) < 4.78 is 5.06. The van der Waals surface area contributed by atoms with Crippen LogP contribution in [-0.2, 0) is 14.3 Å². The molecule has 0 saturated heterocycles. The highest BCUT2D eigenvalue weighted by molar-refractivity contribution is 5.81. The zero-order valence-electron chi connectivity index (χ0n) is 16.6. The van der Waals surface area contributed by atoms with Gasteiger partial charge in [0.25, 0.3) is 0 Å². The summed E-state index contributed by atoms with van der Waals surface area (Å²) in [7, 11) is 0. The van der Waals surface area contributed by atoms with Crippen LogP contribution in [0.1, 0.15) is 85.5 Å². The minimum absolute atomic E-state index is 0.319. The molecule has 4 nitrogen and oxygen atoms in total. The predicted octanol–water partition coefficient (Wildman–Crippen LogP) is 5.30. The van der Waals surface area contributed by atoms with Crippen molar-refractivity contribution < 1.29 is 19.4 Å². The average Bonchev–Trinajstić information content (AvgIpc) is 2.54. The molecule has 1 rings (SSSR count). The van der Waals surface area contributed by atoms with E-state index in [1.54, 1.807) is 6.92 Å². The fraction of sp³-hybridized carbons (Fsp3) is 0.905. The van der Waals surface area contributed by atoms with Crippen molar-refractivity contribution in [1.82, 2.24) is 0 Å². The van der Waals surface area contributed by atoms with Crippen LogP contribution in [0.15, 0.2) is 0 Å². The lowest BCUT2D eigenvalue weighted by atomic mass is 9.72. The summed E-state index contributed by atoms with van der Waals surface area (Å²) in [4.78, 5) is 23.6. The average molecular weight is 355 g/mol. The van der Waals surface area contributed by atoms with Crippen LogP contribution in [0, 0.1) is 29.6 Å². The highest BCUT2D eigenvalue weighted by atomic mass is 16.5. The van der Waals surface area contributed by atoms with Crippen molar-refractivity contribution in [2.24, 2.45) is 29.6 Å². The first-order valence-electron chi connectivity index (χ1n) is 10.2. The second-order valence-corrected chi connectivity index (χ2v) is 8.34. The van der Waals surface area contributed by atoms with Crippen LogP contribution >= 0.6 is 0 Å². The normalized spacial score (nSPS) is 24.9. The molecular formula is C21H38O4. The zero-order valence-corrected chi connectivity index (χ0v) is 16.6. The summed E-state index contributed by atoms with van der Waals surface area (Å²) >= 11 is 0. The lowest BCUT2D eigenvalue weighted by molar-refractivity contribution is -0.160. The van der Waals surface area contributed by atoms with E-state index >= 15 is 0 Å². The van der Waals surface area contributed by atoms with Crippen molar-refractivity contribution in [2.75, 3.05) is 6.61 Å². The first-order chi connectivity index (χ1) is 11.8. The fourth-order valence-corrected chi connectivity index (χ4v) is 4.10. The van der Waals surface area contributed by atoms with Crippen molar-refractivity contribution >= 4 is 11.9 Å². The number of esters is 1. The summed E-state index contributed by atoms with van der Waals surface area (Å²) in [5.74, 6) is -0.212. The van der Waals surface area contributed by atoms with Crippen molar-refractivity contribution in [3.8, 4) is 0 Å². The van der Waals surface area contributed by atoms with Crippen LogP contribution in [0.5, 0.6) is 0 Å². The molecule has 1 fully saturated rings. The second-order valence-electron chi connectivity index (χ2n) is 8.34. The number of aliphatic carboxylic acids is 1.